The minimum atomic E-state index is 0.458. The Labute approximate surface area is 278 Å². The second-order valence-electron chi connectivity index (χ2n) is 13.1. The van der Waals surface area contributed by atoms with Crippen LogP contribution in [0.2, 0.25) is 0 Å². The number of para-hydroxylation sites is 1. The molecule has 3 aromatic carbocycles. The van der Waals surface area contributed by atoms with E-state index in [4.69, 9.17) is 14.8 Å². The van der Waals surface area contributed by atoms with Gasteiger partial charge < -0.3 is 4.74 Å². The Hall–Kier alpha value is -4.64. The summed E-state index contributed by atoms with van der Waals surface area (Å²) in [5.41, 5.74) is 11.2. The van der Waals surface area contributed by atoms with E-state index in [-0.39, 0.29) is 0 Å². The molecule has 0 saturated heterocycles. The molecule has 47 heavy (non-hydrogen) atoms. The Morgan fingerprint density at radius 1 is 0.787 bits per heavy atom. The van der Waals surface area contributed by atoms with Crippen LogP contribution in [-0.4, -0.2) is 19.3 Å². The van der Waals surface area contributed by atoms with E-state index in [1.165, 1.54) is 52.5 Å². The van der Waals surface area contributed by atoms with Crippen molar-refractivity contribution < 1.29 is 4.74 Å². The fraction of sp³-hybridized carbons (Fsp3) is 0.333. The number of aromatic nitrogens is 4. The lowest BCUT2D eigenvalue weighted by molar-refractivity contribution is 0.392. The van der Waals surface area contributed by atoms with E-state index < -0.39 is 0 Å². The number of hydrogen-bond donors (Lipinski definition) is 0. The van der Waals surface area contributed by atoms with Crippen molar-refractivity contribution in [3.05, 3.63) is 119 Å². The molecule has 7 rings (SSSR count). The first-order valence-electron chi connectivity index (χ1n) is 17.5. The number of benzene rings is 3. The van der Waals surface area contributed by atoms with Gasteiger partial charge in [0.1, 0.15) is 17.3 Å². The Kier molecular flexibility index (Phi) is 8.48. The molecule has 0 aliphatic heterocycles. The molecule has 0 saturated carbocycles. The normalized spacial score (nSPS) is 16.6. The largest absolute Gasteiger partial charge is 0.457 e. The van der Waals surface area contributed by atoms with Crippen molar-refractivity contribution in [3.63, 3.8) is 0 Å². The van der Waals surface area contributed by atoms with Gasteiger partial charge in [-0.25, -0.2) is 9.67 Å². The van der Waals surface area contributed by atoms with Crippen LogP contribution in [0.5, 0.6) is 11.5 Å². The second-order valence-corrected chi connectivity index (χ2v) is 13.1. The smallest absolute Gasteiger partial charge is 0.137 e. The van der Waals surface area contributed by atoms with Crippen LogP contribution < -0.4 is 4.74 Å². The van der Waals surface area contributed by atoms with Crippen molar-refractivity contribution in [3.8, 4) is 23.0 Å². The monoisotopic (exact) mass is 622 g/mol. The first-order valence-corrected chi connectivity index (χ1v) is 17.5. The van der Waals surface area contributed by atoms with Crippen molar-refractivity contribution in [2.24, 2.45) is 5.92 Å². The molecule has 2 atom stereocenters. The lowest BCUT2D eigenvalue weighted by atomic mass is 9.71. The zero-order valence-electron chi connectivity index (χ0n) is 28.7. The minimum Gasteiger partial charge on any atom is -0.457 e. The Morgan fingerprint density at radius 3 is 2.38 bits per heavy atom. The molecule has 0 bridgehead atoms. The van der Waals surface area contributed by atoms with E-state index >= 15 is 0 Å². The van der Waals surface area contributed by atoms with E-state index in [2.05, 4.69) is 124 Å². The molecule has 0 N–H and O–H groups in total. The Bertz CT molecular complexity index is 2110. The number of allylic oxidation sites excluding steroid dienone is 2. The van der Waals surface area contributed by atoms with Crippen LogP contribution in [0.1, 0.15) is 87.4 Å². The van der Waals surface area contributed by atoms with Gasteiger partial charge in [-0.05, 0) is 105 Å². The molecule has 1 aliphatic rings. The fourth-order valence-corrected chi connectivity index (χ4v) is 7.94. The van der Waals surface area contributed by atoms with E-state index in [0.29, 0.717) is 11.8 Å². The SMILES string of the molecule is CCC1=CCC[C@H](CC)C1c1c(CC)nn(-c2cc(C)cc(Oc3ccc4c5ccccc5n(-c5cc(C)ccn5)c4c3)c2)c1CC. The Balaban J connectivity index is 1.31. The first kappa shape index (κ1) is 31.0. The number of ether oxygens (including phenoxy) is 1. The summed E-state index contributed by atoms with van der Waals surface area (Å²) in [6, 6.07) is 25.6. The van der Waals surface area contributed by atoms with Gasteiger partial charge in [0, 0.05) is 46.3 Å². The van der Waals surface area contributed by atoms with Crippen LogP contribution in [0, 0.1) is 19.8 Å². The van der Waals surface area contributed by atoms with Crippen LogP contribution >= 0.6 is 0 Å². The van der Waals surface area contributed by atoms with E-state index in [0.717, 1.165) is 58.9 Å². The summed E-state index contributed by atoms with van der Waals surface area (Å²) in [7, 11) is 0. The lowest BCUT2D eigenvalue weighted by Crippen LogP contribution is -2.20. The van der Waals surface area contributed by atoms with Crippen LogP contribution in [-0.2, 0) is 12.8 Å². The molecule has 0 spiro atoms. The standard InChI is InChI=1S/C42H46N4O/c1-7-29-14-13-15-30(8-2)41(29)42-36(9-3)44-46(37(42)10-4)31-22-28(6)23-33(25-31)47-32-18-19-35-34-16-11-12-17-38(34)45(39(35)26-32)40-24-27(5)20-21-43-40/h11-12,14,16-26,30,41H,7-10,13,15H2,1-6H3/t30-,41?/m0/s1. The highest BCUT2D eigenvalue weighted by Crippen LogP contribution is 2.45. The molecule has 1 aliphatic carbocycles. The van der Waals surface area contributed by atoms with Gasteiger partial charge in [0.15, 0.2) is 0 Å². The maximum absolute atomic E-state index is 6.68. The predicted molar refractivity (Wildman–Crippen MR) is 195 cm³/mol. The first-order chi connectivity index (χ1) is 22.9. The Morgan fingerprint density at radius 2 is 1.62 bits per heavy atom. The number of fused-ring (bicyclic) bond motifs is 3. The third kappa shape index (κ3) is 5.56. The van der Waals surface area contributed by atoms with Gasteiger partial charge >= 0.3 is 0 Å². The van der Waals surface area contributed by atoms with Gasteiger partial charge in [0.25, 0.3) is 0 Å². The number of nitrogens with zero attached hydrogens (tertiary/aromatic N) is 4. The van der Waals surface area contributed by atoms with Gasteiger partial charge in [-0.1, -0.05) is 64.0 Å². The third-order valence-corrected chi connectivity index (χ3v) is 10.1. The molecule has 0 amide bonds. The molecular weight excluding hydrogens is 576 g/mol. The van der Waals surface area contributed by atoms with Gasteiger partial charge in [0.2, 0.25) is 0 Å². The maximum atomic E-state index is 6.68. The molecule has 1 unspecified atom stereocenters. The van der Waals surface area contributed by atoms with Gasteiger partial charge in [-0.3, -0.25) is 4.57 Å². The molecular formula is C42H46N4O. The second kappa shape index (κ2) is 12.9. The van der Waals surface area contributed by atoms with Gasteiger partial charge in [0.05, 0.1) is 22.4 Å². The molecule has 0 fully saturated rings. The number of pyridine rings is 1. The quantitative estimate of drug-likeness (QED) is 0.151. The highest BCUT2D eigenvalue weighted by atomic mass is 16.5. The number of rotatable bonds is 9. The molecule has 5 heteroatoms. The average Bonchev–Trinajstić information content (AvgIpc) is 3.62. The van der Waals surface area contributed by atoms with Crippen LogP contribution in [0.15, 0.2) is 90.6 Å². The summed E-state index contributed by atoms with van der Waals surface area (Å²) in [5.74, 6) is 3.64. The van der Waals surface area contributed by atoms with Crippen molar-refractivity contribution in [2.75, 3.05) is 0 Å². The maximum Gasteiger partial charge on any atom is 0.137 e. The van der Waals surface area contributed by atoms with Crippen molar-refractivity contribution in [2.45, 2.75) is 86.0 Å². The van der Waals surface area contributed by atoms with Gasteiger partial charge in [-0.15, -0.1) is 0 Å². The van der Waals surface area contributed by atoms with Gasteiger partial charge in [-0.2, -0.15) is 5.10 Å². The minimum absolute atomic E-state index is 0.458. The summed E-state index contributed by atoms with van der Waals surface area (Å²) in [5, 5.41) is 7.69. The topological polar surface area (TPSA) is 44.9 Å². The van der Waals surface area contributed by atoms with E-state index in [9.17, 15) is 0 Å². The fourth-order valence-electron chi connectivity index (χ4n) is 7.94. The van der Waals surface area contributed by atoms with Crippen LogP contribution in [0.4, 0.5) is 0 Å². The summed E-state index contributed by atoms with van der Waals surface area (Å²) in [6.45, 7) is 13.5. The molecule has 6 aromatic rings. The third-order valence-electron chi connectivity index (χ3n) is 10.1. The van der Waals surface area contributed by atoms with Crippen molar-refractivity contribution >= 4 is 21.8 Å². The molecule has 5 nitrogen and oxygen atoms in total. The zero-order chi connectivity index (χ0) is 32.7. The van der Waals surface area contributed by atoms with Crippen LogP contribution in [0.25, 0.3) is 33.3 Å². The summed E-state index contributed by atoms with van der Waals surface area (Å²) in [6.07, 6.45) is 11.0. The van der Waals surface area contributed by atoms with E-state index in [1.54, 1.807) is 5.57 Å². The predicted octanol–water partition coefficient (Wildman–Crippen LogP) is 11.1. The zero-order valence-corrected chi connectivity index (χ0v) is 28.7. The highest BCUT2D eigenvalue weighted by Gasteiger charge is 2.33. The number of hydrogen-bond acceptors (Lipinski definition) is 3. The highest BCUT2D eigenvalue weighted by molar-refractivity contribution is 6.09. The average molecular weight is 623 g/mol. The number of aryl methyl sites for hydroxylation is 3. The van der Waals surface area contributed by atoms with Crippen LogP contribution in [0.3, 0.4) is 0 Å². The van der Waals surface area contributed by atoms with Crippen molar-refractivity contribution in [1.29, 1.82) is 0 Å². The van der Waals surface area contributed by atoms with E-state index in [1.807, 2.05) is 12.3 Å². The summed E-state index contributed by atoms with van der Waals surface area (Å²) < 4.78 is 11.1. The molecule has 3 aromatic heterocycles. The molecule has 3 heterocycles. The lowest BCUT2D eigenvalue weighted by Gasteiger charge is -2.33. The molecule has 240 valence electrons. The summed E-state index contributed by atoms with van der Waals surface area (Å²) >= 11 is 0. The van der Waals surface area contributed by atoms with Crippen molar-refractivity contribution in [1.82, 2.24) is 19.3 Å². The summed E-state index contributed by atoms with van der Waals surface area (Å²) in [4.78, 5) is 4.75. The molecule has 0 radical (unpaired) electrons.